The van der Waals surface area contributed by atoms with Gasteiger partial charge in [-0.3, -0.25) is 14.5 Å². The van der Waals surface area contributed by atoms with Gasteiger partial charge in [-0.15, -0.1) is 5.10 Å². The molecule has 0 saturated heterocycles. The fourth-order valence-electron chi connectivity index (χ4n) is 3.06. The lowest BCUT2D eigenvalue weighted by molar-refractivity contribution is -0.113. The Morgan fingerprint density at radius 3 is 2.52 bits per heavy atom. The molecule has 2 heterocycles. The first-order valence-electron chi connectivity index (χ1n) is 9.77. The fraction of sp³-hybridized carbons (Fsp3) is 0.364. The van der Waals surface area contributed by atoms with Crippen molar-refractivity contribution in [3.63, 3.8) is 0 Å². The van der Waals surface area contributed by atoms with Crippen LogP contribution in [-0.4, -0.2) is 38.5 Å². The minimum absolute atomic E-state index is 0.123. The molecule has 162 valence electrons. The van der Waals surface area contributed by atoms with Crippen LogP contribution in [0, 0.1) is 25.2 Å². The van der Waals surface area contributed by atoms with Crippen molar-refractivity contribution in [2.75, 3.05) is 18.2 Å². The molecule has 2 aromatic heterocycles. The monoisotopic (exact) mass is 438 g/mol. The second kappa shape index (κ2) is 8.86. The van der Waals surface area contributed by atoms with E-state index in [0.717, 1.165) is 28.5 Å². The Morgan fingerprint density at radius 2 is 1.97 bits per heavy atom. The first-order chi connectivity index (χ1) is 14.7. The van der Waals surface area contributed by atoms with Gasteiger partial charge in [-0.1, -0.05) is 32.5 Å². The highest BCUT2D eigenvalue weighted by molar-refractivity contribution is 7.99. The number of aromatic amines is 1. The standard InChI is InChI=1S/C22H26N6O2S/c1-13-14(2)28(15-7-9-16(30-6)10-8-15)19(17(13)11-23)24-18(29)12-31-21-25-20(26-27-21)22(3,4)5/h7-10H,12H2,1-6H3,(H,24,29)(H,25,26,27). The van der Waals surface area contributed by atoms with Crippen molar-refractivity contribution in [1.29, 1.82) is 5.26 Å². The molecule has 0 unspecified atom stereocenters. The van der Waals surface area contributed by atoms with E-state index in [1.165, 1.54) is 11.8 Å². The number of nitrogens with one attached hydrogen (secondary N) is 2. The molecule has 8 nitrogen and oxygen atoms in total. The van der Waals surface area contributed by atoms with Crippen LogP contribution in [0.3, 0.4) is 0 Å². The van der Waals surface area contributed by atoms with E-state index >= 15 is 0 Å². The molecule has 2 N–H and O–H groups in total. The summed E-state index contributed by atoms with van der Waals surface area (Å²) in [5.41, 5.74) is 2.83. The first-order valence-corrected chi connectivity index (χ1v) is 10.8. The normalized spacial score (nSPS) is 11.3. The van der Waals surface area contributed by atoms with Crippen molar-refractivity contribution in [3.05, 3.63) is 46.9 Å². The van der Waals surface area contributed by atoms with Gasteiger partial charge >= 0.3 is 0 Å². The van der Waals surface area contributed by atoms with Crippen LogP contribution in [0.4, 0.5) is 5.82 Å². The van der Waals surface area contributed by atoms with Crippen LogP contribution in [0.25, 0.3) is 5.69 Å². The summed E-state index contributed by atoms with van der Waals surface area (Å²) in [6.07, 6.45) is 0. The molecule has 31 heavy (non-hydrogen) atoms. The molecule has 9 heteroatoms. The van der Waals surface area contributed by atoms with E-state index in [2.05, 4.69) is 26.6 Å². The maximum atomic E-state index is 12.7. The number of carbonyl (C=O) groups is 1. The average molecular weight is 439 g/mol. The Kier molecular flexibility index (Phi) is 6.41. The maximum absolute atomic E-state index is 12.7. The Hall–Kier alpha value is -3.25. The van der Waals surface area contributed by atoms with Crippen molar-refractivity contribution >= 4 is 23.5 Å². The SMILES string of the molecule is COc1ccc(-n2c(C)c(C)c(C#N)c2NC(=O)CSc2n[nH]c(C(C)(C)C)n2)cc1. The minimum atomic E-state index is -0.240. The van der Waals surface area contributed by atoms with Crippen LogP contribution in [0.1, 0.15) is 43.4 Å². The summed E-state index contributed by atoms with van der Waals surface area (Å²) >= 11 is 1.24. The van der Waals surface area contributed by atoms with Gasteiger partial charge in [-0.05, 0) is 43.7 Å². The molecule has 0 fully saturated rings. The summed E-state index contributed by atoms with van der Waals surface area (Å²) < 4.78 is 7.10. The quantitative estimate of drug-likeness (QED) is 0.561. The van der Waals surface area contributed by atoms with Gasteiger partial charge in [0.25, 0.3) is 0 Å². The van der Waals surface area contributed by atoms with E-state index in [1.807, 2.05) is 63.5 Å². The van der Waals surface area contributed by atoms with E-state index in [4.69, 9.17) is 4.74 Å². The minimum Gasteiger partial charge on any atom is -0.497 e. The van der Waals surface area contributed by atoms with E-state index in [0.29, 0.717) is 16.5 Å². The molecule has 1 amide bonds. The van der Waals surface area contributed by atoms with Crippen molar-refractivity contribution in [3.8, 4) is 17.5 Å². The number of aromatic nitrogens is 4. The Bertz CT molecular complexity index is 1130. The van der Waals surface area contributed by atoms with Gasteiger partial charge in [0.2, 0.25) is 11.1 Å². The predicted molar refractivity (Wildman–Crippen MR) is 121 cm³/mol. The first kappa shape index (κ1) is 22.4. The molecule has 0 bridgehead atoms. The van der Waals surface area contributed by atoms with Gasteiger partial charge in [-0.25, -0.2) is 4.98 Å². The second-order valence-corrected chi connectivity index (χ2v) is 9.08. The molecule has 0 aliphatic carbocycles. The summed E-state index contributed by atoms with van der Waals surface area (Å²) in [5, 5.41) is 20.2. The number of H-pyrrole nitrogens is 1. The van der Waals surface area contributed by atoms with Gasteiger partial charge in [0.1, 0.15) is 23.5 Å². The molecule has 1 aromatic carbocycles. The molecule has 0 atom stereocenters. The van der Waals surface area contributed by atoms with Gasteiger partial charge < -0.3 is 10.1 Å². The number of nitrogens with zero attached hydrogens (tertiary/aromatic N) is 4. The fourth-order valence-corrected chi connectivity index (χ4v) is 3.66. The second-order valence-electron chi connectivity index (χ2n) is 8.13. The number of benzene rings is 1. The summed E-state index contributed by atoms with van der Waals surface area (Å²) in [6, 6.07) is 9.68. The zero-order chi connectivity index (χ0) is 22.8. The van der Waals surface area contributed by atoms with Crippen LogP contribution in [0.15, 0.2) is 29.4 Å². The third-order valence-electron chi connectivity index (χ3n) is 4.92. The van der Waals surface area contributed by atoms with Gasteiger partial charge in [0.15, 0.2) is 0 Å². The van der Waals surface area contributed by atoms with E-state index in [-0.39, 0.29) is 17.1 Å². The van der Waals surface area contributed by atoms with Crippen LogP contribution in [-0.2, 0) is 10.2 Å². The largest absolute Gasteiger partial charge is 0.497 e. The molecule has 3 rings (SSSR count). The lowest BCUT2D eigenvalue weighted by atomic mass is 9.96. The van der Waals surface area contributed by atoms with Crippen LogP contribution < -0.4 is 10.1 Å². The number of hydrogen-bond donors (Lipinski definition) is 2. The highest BCUT2D eigenvalue weighted by atomic mass is 32.2. The third-order valence-corrected chi connectivity index (χ3v) is 5.77. The molecule has 0 saturated carbocycles. The van der Waals surface area contributed by atoms with Gasteiger partial charge in [0.05, 0.1) is 18.4 Å². The Balaban J connectivity index is 1.83. The molecular weight excluding hydrogens is 412 g/mol. The number of thioether (sulfide) groups is 1. The van der Waals surface area contributed by atoms with Crippen molar-refractivity contribution in [2.24, 2.45) is 0 Å². The highest BCUT2D eigenvalue weighted by Gasteiger charge is 2.22. The summed E-state index contributed by atoms with van der Waals surface area (Å²) in [6.45, 7) is 9.91. The number of ether oxygens (including phenoxy) is 1. The number of anilines is 1. The topological polar surface area (TPSA) is 109 Å². The van der Waals surface area contributed by atoms with E-state index in [1.54, 1.807) is 7.11 Å². The van der Waals surface area contributed by atoms with Crippen molar-refractivity contribution in [2.45, 2.75) is 45.2 Å². The summed E-state index contributed by atoms with van der Waals surface area (Å²) in [4.78, 5) is 17.2. The van der Waals surface area contributed by atoms with Crippen LogP contribution in [0.2, 0.25) is 0 Å². The van der Waals surface area contributed by atoms with Gasteiger partial charge in [0, 0.05) is 16.8 Å². The van der Waals surface area contributed by atoms with Crippen LogP contribution in [0.5, 0.6) is 5.75 Å². The molecule has 0 radical (unpaired) electrons. The molecular formula is C22H26N6O2S. The smallest absolute Gasteiger partial charge is 0.236 e. The number of carbonyl (C=O) groups excluding carboxylic acids is 1. The number of amides is 1. The van der Waals surface area contributed by atoms with E-state index in [9.17, 15) is 10.1 Å². The zero-order valence-corrected chi connectivity index (χ0v) is 19.3. The third kappa shape index (κ3) is 4.75. The Morgan fingerprint density at radius 1 is 1.29 bits per heavy atom. The number of hydrogen-bond acceptors (Lipinski definition) is 6. The maximum Gasteiger partial charge on any atom is 0.236 e. The molecule has 0 aliphatic heterocycles. The molecule has 0 aliphatic rings. The van der Waals surface area contributed by atoms with Gasteiger partial charge in [-0.2, -0.15) is 5.26 Å². The summed E-state index contributed by atoms with van der Waals surface area (Å²) in [7, 11) is 1.61. The number of methoxy groups -OCH3 is 1. The average Bonchev–Trinajstić information content (AvgIpc) is 3.30. The molecule has 3 aromatic rings. The number of rotatable bonds is 6. The molecule has 0 spiro atoms. The van der Waals surface area contributed by atoms with E-state index < -0.39 is 0 Å². The lowest BCUT2D eigenvalue weighted by Gasteiger charge is -2.13. The van der Waals surface area contributed by atoms with Crippen molar-refractivity contribution < 1.29 is 9.53 Å². The highest BCUT2D eigenvalue weighted by Crippen LogP contribution is 2.31. The zero-order valence-electron chi connectivity index (χ0n) is 18.5. The lowest BCUT2D eigenvalue weighted by Crippen LogP contribution is -2.18. The summed E-state index contributed by atoms with van der Waals surface area (Å²) in [5.74, 6) is 1.84. The van der Waals surface area contributed by atoms with Crippen molar-refractivity contribution in [1.82, 2.24) is 19.7 Å². The number of nitriles is 1. The Labute approximate surface area is 186 Å². The predicted octanol–water partition coefficient (Wildman–Crippen LogP) is 4.12. The van der Waals surface area contributed by atoms with Crippen LogP contribution >= 0.6 is 11.8 Å².